The Balaban J connectivity index is 1.64. The molecule has 0 spiro atoms. The third-order valence-electron chi connectivity index (χ3n) is 6.15. The fourth-order valence-corrected chi connectivity index (χ4v) is 4.82. The maximum atomic E-state index is 13.4. The summed E-state index contributed by atoms with van der Waals surface area (Å²) in [7, 11) is 0. The van der Waals surface area contributed by atoms with Crippen LogP contribution in [0.2, 0.25) is 5.02 Å². The first-order chi connectivity index (χ1) is 15.7. The van der Waals surface area contributed by atoms with Gasteiger partial charge in [0.05, 0.1) is 13.2 Å². The summed E-state index contributed by atoms with van der Waals surface area (Å²) in [6.07, 6.45) is 0.416. The summed E-state index contributed by atoms with van der Waals surface area (Å²) in [5, 5.41) is 3.03. The Kier molecular flexibility index (Phi) is 5.59. The SMILES string of the molecule is CCOc1ccc(C2CC(=O)N(Cc3ccccc3Cl)c3ccc4ccccc4c32)cc1. The van der Waals surface area contributed by atoms with Crippen LogP contribution >= 0.6 is 11.6 Å². The minimum atomic E-state index is -0.0122. The molecule has 160 valence electrons. The molecule has 0 aliphatic carbocycles. The normalized spacial score (nSPS) is 15.6. The zero-order valence-corrected chi connectivity index (χ0v) is 18.7. The van der Waals surface area contributed by atoms with Gasteiger partial charge in [-0.3, -0.25) is 4.79 Å². The van der Waals surface area contributed by atoms with Gasteiger partial charge in [0.1, 0.15) is 5.75 Å². The van der Waals surface area contributed by atoms with Crippen LogP contribution in [0.1, 0.15) is 36.0 Å². The number of carbonyl (C=O) groups excluding carboxylic acids is 1. The van der Waals surface area contributed by atoms with Crippen molar-refractivity contribution >= 4 is 34.0 Å². The molecule has 32 heavy (non-hydrogen) atoms. The van der Waals surface area contributed by atoms with Crippen molar-refractivity contribution in [2.75, 3.05) is 11.5 Å². The molecule has 4 aromatic carbocycles. The van der Waals surface area contributed by atoms with Crippen molar-refractivity contribution in [2.45, 2.75) is 25.8 Å². The first-order valence-electron chi connectivity index (χ1n) is 10.9. The van der Waals surface area contributed by atoms with Gasteiger partial charge in [-0.15, -0.1) is 0 Å². The van der Waals surface area contributed by atoms with Gasteiger partial charge in [0.2, 0.25) is 5.91 Å². The number of hydrogen-bond acceptors (Lipinski definition) is 2. The van der Waals surface area contributed by atoms with E-state index in [-0.39, 0.29) is 11.8 Å². The molecule has 1 unspecified atom stereocenters. The number of rotatable bonds is 5. The maximum Gasteiger partial charge on any atom is 0.228 e. The highest BCUT2D eigenvalue weighted by Gasteiger charge is 2.33. The summed E-state index contributed by atoms with van der Waals surface area (Å²) < 4.78 is 5.62. The molecule has 4 aromatic rings. The topological polar surface area (TPSA) is 29.5 Å². The van der Waals surface area contributed by atoms with Crippen LogP contribution in [0.3, 0.4) is 0 Å². The predicted octanol–water partition coefficient (Wildman–Crippen LogP) is 6.96. The van der Waals surface area contributed by atoms with Crippen LogP contribution in [0, 0.1) is 0 Å². The third-order valence-corrected chi connectivity index (χ3v) is 6.52. The number of anilines is 1. The van der Waals surface area contributed by atoms with Crippen LogP contribution in [0.15, 0.2) is 84.9 Å². The molecule has 0 saturated heterocycles. The van der Waals surface area contributed by atoms with E-state index in [1.54, 1.807) is 0 Å². The number of nitrogens with zero attached hydrogens (tertiary/aromatic N) is 1. The molecule has 1 amide bonds. The summed E-state index contributed by atoms with van der Waals surface area (Å²) in [6.45, 7) is 3.06. The van der Waals surface area contributed by atoms with Gasteiger partial charge in [-0.25, -0.2) is 0 Å². The van der Waals surface area contributed by atoms with Gasteiger partial charge in [0, 0.05) is 23.0 Å². The number of carbonyl (C=O) groups is 1. The third kappa shape index (κ3) is 3.74. The molecule has 5 rings (SSSR count). The van der Waals surface area contributed by atoms with Crippen molar-refractivity contribution < 1.29 is 9.53 Å². The molecule has 0 N–H and O–H groups in total. The number of fused-ring (bicyclic) bond motifs is 3. The molecule has 4 heteroatoms. The monoisotopic (exact) mass is 441 g/mol. The Hall–Kier alpha value is -3.30. The molecule has 1 aliphatic heterocycles. The number of amides is 1. The van der Waals surface area contributed by atoms with E-state index in [1.807, 2.05) is 48.2 Å². The Bertz CT molecular complexity index is 1280. The molecule has 0 radical (unpaired) electrons. The quantitative estimate of drug-likeness (QED) is 0.335. The van der Waals surface area contributed by atoms with Crippen LogP contribution in [-0.2, 0) is 11.3 Å². The Morgan fingerprint density at radius 3 is 2.47 bits per heavy atom. The van der Waals surface area contributed by atoms with Gasteiger partial charge in [0.15, 0.2) is 0 Å². The second-order valence-electron chi connectivity index (χ2n) is 8.05. The average Bonchev–Trinajstić information content (AvgIpc) is 2.82. The standard InChI is InChI=1S/C28H24ClNO2/c1-2-32-22-14-11-20(12-15-22)24-17-27(31)30(18-21-8-4-6-10-25(21)29)26-16-13-19-7-3-5-9-23(19)28(24)26/h3-16,24H,2,17-18H2,1H3. The van der Waals surface area contributed by atoms with Gasteiger partial charge in [-0.1, -0.05) is 72.3 Å². The summed E-state index contributed by atoms with van der Waals surface area (Å²) in [5.74, 6) is 0.935. The Labute approximate surface area is 193 Å². The van der Waals surface area contributed by atoms with E-state index < -0.39 is 0 Å². The van der Waals surface area contributed by atoms with Crippen LogP contribution < -0.4 is 9.64 Å². The van der Waals surface area contributed by atoms with Crippen molar-refractivity contribution in [3.05, 3.63) is 107 Å². The second kappa shape index (κ2) is 8.68. The van der Waals surface area contributed by atoms with Crippen LogP contribution in [-0.4, -0.2) is 12.5 Å². The first kappa shape index (κ1) is 20.6. The molecule has 1 heterocycles. The molecule has 1 atom stereocenters. The van der Waals surface area contributed by atoms with E-state index in [1.165, 1.54) is 16.3 Å². The number of ether oxygens (including phenoxy) is 1. The van der Waals surface area contributed by atoms with Crippen LogP contribution in [0.4, 0.5) is 5.69 Å². The van der Waals surface area contributed by atoms with Gasteiger partial charge in [-0.2, -0.15) is 0 Å². The van der Waals surface area contributed by atoms with Gasteiger partial charge < -0.3 is 9.64 Å². The highest BCUT2D eigenvalue weighted by Crippen LogP contribution is 2.45. The lowest BCUT2D eigenvalue weighted by atomic mass is 9.81. The number of halogens is 1. The van der Waals surface area contributed by atoms with Crippen molar-refractivity contribution in [1.29, 1.82) is 0 Å². The van der Waals surface area contributed by atoms with Gasteiger partial charge in [0.25, 0.3) is 0 Å². The van der Waals surface area contributed by atoms with E-state index >= 15 is 0 Å². The molecule has 0 aromatic heterocycles. The summed E-state index contributed by atoms with van der Waals surface area (Å²) in [6, 6.07) is 28.4. The molecular formula is C28H24ClNO2. The van der Waals surface area contributed by atoms with Crippen molar-refractivity contribution in [3.8, 4) is 5.75 Å². The zero-order chi connectivity index (χ0) is 22.1. The van der Waals surface area contributed by atoms with E-state index in [4.69, 9.17) is 16.3 Å². The van der Waals surface area contributed by atoms with E-state index in [9.17, 15) is 4.79 Å². The summed E-state index contributed by atoms with van der Waals surface area (Å²) in [5.41, 5.74) is 4.22. The number of benzene rings is 4. The van der Waals surface area contributed by atoms with Gasteiger partial charge >= 0.3 is 0 Å². The molecule has 0 bridgehead atoms. The lowest BCUT2D eigenvalue weighted by Crippen LogP contribution is -2.36. The highest BCUT2D eigenvalue weighted by molar-refractivity contribution is 6.31. The Morgan fingerprint density at radius 2 is 1.69 bits per heavy atom. The largest absolute Gasteiger partial charge is 0.494 e. The first-order valence-corrected chi connectivity index (χ1v) is 11.3. The zero-order valence-electron chi connectivity index (χ0n) is 17.9. The smallest absolute Gasteiger partial charge is 0.228 e. The maximum absolute atomic E-state index is 13.4. The lowest BCUT2D eigenvalue weighted by Gasteiger charge is -2.35. The predicted molar refractivity (Wildman–Crippen MR) is 131 cm³/mol. The van der Waals surface area contributed by atoms with Crippen molar-refractivity contribution in [3.63, 3.8) is 0 Å². The minimum absolute atomic E-state index is 0.0122. The lowest BCUT2D eigenvalue weighted by molar-refractivity contribution is -0.119. The van der Waals surface area contributed by atoms with Gasteiger partial charge in [-0.05, 0) is 58.7 Å². The molecule has 0 fully saturated rings. The van der Waals surface area contributed by atoms with Crippen molar-refractivity contribution in [2.24, 2.45) is 0 Å². The van der Waals surface area contributed by atoms with E-state index in [0.717, 1.165) is 22.6 Å². The molecule has 1 aliphatic rings. The fourth-order valence-electron chi connectivity index (χ4n) is 4.62. The molecule has 0 saturated carbocycles. The summed E-state index contributed by atoms with van der Waals surface area (Å²) in [4.78, 5) is 15.3. The second-order valence-corrected chi connectivity index (χ2v) is 8.46. The molecular weight excluding hydrogens is 418 g/mol. The number of hydrogen-bond donors (Lipinski definition) is 0. The molecule has 3 nitrogen and oxygen atoms in total. The van der Waals surface area contributed by atoms with Crippen molar-refractivity contribution in [1.82, 2.24) is 0 Å². The fraction of sp³-hybridized carbons (Fsp3) is 0.179. The van der Waals surface area contributed by atoms with Crippen LogP contribution in [0.5, 0.6) is 5.75 Å². The highest BCUT2D eigenvalue weighted by atomic mass is 35.5. The van der Waals surface area contributed by atoms with E-state index in [0.29, 0.717) is 24.6 Å². The minimum Gasteiger partial charge on any atom is -0.494 e. The summed E-state index contributed by atoms with van der Waals surface area (Å²) >= 11 is 6.43. The van der Waals surface area contributed by atoms with E-state index in [2.05, 4.69) is 48.5 Å². The van der Waals surface area contributed by atoms with Crippen LogP contribution in [0.25, 0.3) is 10.8 Å². The average molecular weight is 442 g/mol. The Morgan fingerprint density at radius 1 is 0.938 bits per heavy atom.